The van der Waals surface area contributed by atoms with Crippen LogP contribution in [-0.2, 0) is 4.79 Å². The molecule has 2 N–H and O–H groups in total. The van der Waals surface area contributed by atoms with E-state index in [-0.39, 0.29) is 11.5 Å². The number of rotatable bonds is 5. The van der Waals surface area contributed by atoms with Crippen molar-refractivity contribution in [1.82, 2.24) is 0 Å². The molecule has 0 unspecified atom stereocenters. The molecule has 1 aromatic rings. The van der Waals surface area contributed by atoms with Gasteiger partial charge in [-0.05, 0) is 40.4 Å². The van der Waals surface area contributed by atoms with Crippen LogP contribution in [0.4, 0.5) is 5.69 Å². The van der Waals surface area contributed by atoms with E-state index in [4.69, 9.17) is 5.11 Å². The second-order valence-corrected chi connectivity index (χ2v) is 5.30. The van der Waals surface area contributed by atoms with Gasteiger partial charge in [-0.1, -0.05) is 19.9 Å². The van der Waals surface area contributed by atoms with Crippen LogP contribution in [0.1, 0.15) is 37.0 Å². The van der Waals surface area contributed by atoms with Gasteiger partial charge in [-0.3, -0.25) is 4.79 Å². The number of benzene rings is 1. The summed E-state index contributed by atoms with van der Waals surface area (Å²) in [5, 5.41) is 11.7. The first-order valence-corrected chi connectivity index (χ1v) is 6.52. The number of nitrogens with one attached hydrogen (secondary N) is 1. The first kappa shape index (κ1) is 14.7. The number of hydrogen-bond acceptors (Lipinski definition) is 2. The summed E-state index contributed by atoms with van der Waals surface area (Å²) in [6, 6.07) is 4.78. The van der Waals surface area contributed by atoms with Crippen molar-refractivity contribution in [2.24, 2.45) is 5.92 Å². The molecule has 0 aliphatic rings. The van der Waals surface area contributed by atoms with Crippen molar-refractivity contribution in [3.63, 3.8) is 0 Å². The van der Waals surface area contributed by atoms with Crippen LogP contribution >= 0.6 is 15.9 Å². The van der Waals surface area contributed by atoms with E-state index in [2.05, 4.69) is 21.2 Å². The number of anilines is 1. The average Bonchev–Trinajstić information content (AvgIpc) is 2.28. The Bertz CT molecular complexity index is 458. The van der Waals surface area contributed by atoms with Crippen molar-refractivity contribution in [1.29, 1.82) is 0 Å². The van der Waals surface area contributed by atoms with Crippen LogP contribution in [0.5, 0.6) is 0 Å². The van der Waals surface area contributed by atoms with Crippen LogP contribution in [0.3, 0.4) is 0 Å². The lowest BCUT2D eigenvalue weighted by Crippen LogP contribution is -2.15. The summed E-state index contributed by atoms with van der Waals surface area (Å²) in [4.78, 5) is 22.8. The second-order valence-electron chi connectivity index (χ2n) is 4.45. The number of halogens is 1. The van der Waals surface area contributed by atoms with E-state index in [0.29, 0.717) is 22.5 Å². The van der Waals surface area contributed by atoms with Gasteiger partial charge in [0.25, 0.3) is 0 Å². The molecule has 4 nitrogen and oxygen atoms in total. The molecule has 1 aromatic carbocycles. The molecule has 0 bridgehead atoms. The lowest BCUT2D eigenvalue weighted by molar-refractivity contribution is -0.116. The van der Waals surface area contributed by atoms with E-state index in [9.17, 15) is 9.59 Å². The molecule has 98 valence electrons. The van der Waals surface area contributed by atoms with E-state index >= 15 is 0 Å². The smallest absolute Gasteiger partial charge is 0.337 e. The van der Waals surface area contributed by atoms with E-state index in [0.717, 1.165) is 6.42 Å². The molecule has 0 aromatic heterocycles. The molecule has 0 radical (unpaired) electrons. The highest BCUT2D eigenvalue weighted by atomic mass is 79.9. The molecular formula is C13H16BrNO3. The summed E-state index contributed by atoms with van der Waals surface area (Å²) in [7, 11) is 0. The Morgan fingerprint density at radius 2 is 2.06 bits per heavy atom. The molecule has 5 heteroatoms. The van der Waals surface area contributed by atoms with Gasteiger partial charge in [-0.2, -0.15) is 0 Å². The van der Waals surface area contributed by atoms with Gasteiger partial charge in [0.2, 0.25) is 5.91 Å². The Morgan fingerprint density at radius 3 is 2.61 bits per heavy atom. The minimum atomic E-state index is -1.06. The minimum Gasteiger partial charge on any atom is -0.478 e. The Morgan fingerprint density at radius 1 is 1.39 bits per heavy atom. The molecule has 0 aliphatic carbocycles. The number of carbonyl (C=O) groups is 2. The summed E-state index contributed by atoms with van der Waals surface area (Å²) >= 11 is 3.25. The highest BCUT2D eigenvalue weighted by molar-refractivity contribution is 9.10. The molecular weight excluding hydrogens is 298 g/mol. The normalized spacial score (nSPS) is 10.4. The summed E-state index contributed by atoms with van der Waals surface area (Å²) in [5.41, 5.74) is 0.404. The van der Waals surface area contributed by atoms with Crippen LogP contribution in [0.2, 0.25) is 0 Å². The highest BCUT2D eigenvalue weighted by Crippen LogP contribution is 2.26. The Kier molecular flexibility index (Phi) is 5.34. The quantitative estimate of drug-likeness (QED) is 0.874. The zero-order chi connectivity index (χ0) is 13.7. The summed E-state index contributed by atoms with van der Waals surface area (Å²) in [5.74, 6) is -0.789. The third-order valence-electron chi connectivity index (χ3n) is 2.46. The zero-order valence-corrected chi connectivity index (χ0v) is 12.0. The van der Waals surface area contributed by atoms with E-state index in [1.807, 2.05) is 13.8 Å². The predicted octanol–water partition coefficient (Wildman–Crippen LogP) is 3.52. The predicted molar refractivity (Wildman–Crippen MR) is 73.8 cm³/mol. The van der Waals surface area contributed by atoms with Gasteiger partial charge in [-0.15, -0.1) is 0 Å². The topological polar surface area (TPSA) is 66.4 Å². The van der Waals surface area contributed by atoms with Crippen molar-refractivity contribution >= 4 is 33.5 Å². The Balaban J connectivity index is 2.83. The highest BCUT2D eigenvalue weighted by Gasteiger charge is 2.15. The third-order valence-corrected chi connectivity index (χ3v) is 3.12. The lowest BCUT2D eigenvalue weighted by Gasteiger charge is -2.11. The Hall–Kier alpha value is -1.36. The number of hydrogen-bond donors (Lipinski definition) is 2. The number of aromatic carboxylic acids is 1. The molecule has 0 spiro atoms. The van der Waals surface area contributed by atoms with Crippen LogP contribution in [-0.4, -0.2) is 17.0 Å². The molecule has 18 heavy (non-hydrogen) atoms. The summed E-state index contributed by atoms with van der Waals surface area (Å²) < 4.78 is 0.570. The monoisotopic (exact) mass is 313 g/mol. The fourth-order valence-corrected chi connectivity index (χ4v) is 1.92. The molecule has 0 fully saturated rings. The maximum Gasteiger partial charge on any atom is 0.337 e. The standard InChI is InChI=1S/C13H16BrNO3/c1-8(2)6-7-11(16)15-12-9(13(17)18)4-3-5-10(12)14/h3-5,8H,6-7H2,1-2H3,(H,15,16)(H,17,18). The Labute approximate surface area is 115 Å². The second kappa shape index (κ2) is 6.54. The van der Waals surface area contributed by atoms with E-state index in [1.54, 1.807) is 12.1 Å². The van der Waals surface area contributed by atoms with Gasteiger partial charge in [0.05, 0.1) is 11.3 Å². The first-order valence-electron chi connectivity index (χ1n) is 5.73. The van der Waals surface area contributed by atoms with Crippen molar-refractivity contribution in [3.05, 3.63) is 28.2 Å². The number of amides is 1. The van der Waals surface area contributed by atoms with Crippen LogP contribution in [0.25, 0.3) is 0 Å². The molecule has 1 rings (SSSR count). The fourth-order valence-electron chi connectivity index (χ4n) is 1.45. The molecule has 0 saturated carbocycles. The maximum atomic E-state index is 11.7. The van der Waals surface area contributed by atoms with Crippen LogP contribution in [0.15, 0.2) is 22.7 Å². The number of carboxylic acids is 1. The van der Waals surface area contributed by atoms with Gasteiger partial charge in [-0.25, -0.2) is 4.79 Å². The minimum absolute atomic E-state index is 0.0854. The first-order chi connectivity index (χ1) is 8.41. The van der Waals surface area contributed by atoms with Gasteiger partial charge in [0.15, 0.2) is 0 Å². The largest absolute Gasteiger partial charge is 0.478 e. The molecule has 0 saturated heterocycles. The zero-order valence-electron chi connectivity index (χ0n) is 10.4. The third kappa shape index (κ3) is 4.14. The van der Waals surface area contributed by atoms with Crippen molar-refractivity contribution < 1.29 is 14.7 Å². The number of carbonyl (C=O) groups excluding carboxylic acids is 1. The van der Waals surface area contributed by atoms with Gasteiger partial charge < -0.3 is 10.4 Å². The lowest BCUT2D eigenvalue weighted by atomic mass is 10.1. The van der Waals surface area contributed by atoms with Crippen LogP contribution in [0, 0.1) is 5.92 Å². The summed E-state index contributed by atoms with van der Waals surface area (Å²) in [6.45, 7) is 4.07. The van der Waals surface area contributed by atoms with Gasteiger partial charge in [0, 0.05) is 10.9 Å². The summed E-state index contributed by atoms with van der Waals surface area (Å²) in [6.07, 6.45) is 1.16. The molecule has 0 aliphatic heterocycles. The van der Waals surface area contributed by atoms with Crippen LogP contribution < -0.4 is 5.32 Å². The van der Waals surface area contributed by atoms with Gasteiger partial charge >= 0.3 is 5.97 Å². The van der Waals surface area contributed by atoms with Gasteiger partial charge in [0.1, 0.15) is 0 Å². The molecule has 0 atom stereocenters. The fraction of sp³-hybridized carbons (Fsp3) is 0.385. The van der Waals surface area contributed by atoms with Crippen molar-refractivity contribution in [2.75, 3.05) is 5.32 Å². The van der Waals surface area contributed by atoms with Crippen molar-refractivity contribution in [3.8, 4) is 0 Å². The molecule has 1 amide bonds. The SMILES string of the molecule is CC(C)CCC(=O)Nc1c(Br)cccc1C(=O)O. The van der Waals surface area contributed by atoms with E-state index in [1.165, 1.54) is 6.07 Å². The molecule has 0 heterocycles. The number of para-hydroxylation sites is 1. The number of carboxylic acid groups (broad SMARTS) is 1. The maximum absolute atomic E-state index is 11.7. The average molecular weight is 314 g/mol. The van der Waals surface area contributed by atoms with E-state index < -0.39 is 5.97 Å². The van der Waals surface area contributed by atoms with Crippen molar-refractivity contribution in [2.45, 2.75) is 26.7 Å².